The van der Waals surface area contributed by atoms with Gasteiger partial charge in [0.05, 0.1) is 12.1 Å². The van der Waals surface area contributed by atoms with Crippen molar-refractivity contribution in [2.45, 2.75) is 12.5 Å². The molecule has 0 bridgehead atoms. The zero-order chi connectivity index (χ0) is 9.35. The van der Waals surface area contributed by atoms with Crippen LogP contribution in [0.4, 0.5) is 0 Å². The first-order valence-corrected chi connectivity index (χ1v) is 5.31. The van der Waals surface area contributed by atoms with E-state index in [0.29, 0.717) is 4.34 Å². The number of aliphatic hydroxyl groups excluding tert-OH is 1. The molecule has 68 valence electrons. The molecule has 1 rings (SSSR count). The second kappa shape index (κ2) is 3.64. The normalized spacial score (nSPS) is 16.1. The van der Waals surface area contributed by atoms with Gasteiger partial charge in [0, 0.05) is 9.35 Å². The van der Waals surface area contributed by atoms with Crippen molar-refractivity contribution in [3.05, 3.63) is 19.8 Å². The standard InChI is InChI=1S/C7H9BrClNOS/c1-7(10,3-11)5-2-4(8)6(9)12-5/h2,11H,3,10H2,1H3. The first kappa shape index (κ1) is 10.5. The van der Waals surface area contributed by atoms with E-state index in [-0.39, 0.29) is 6.61 Å². The van der Waals surface area contributed by atoms with Crippen molar-refractivity contribution in [3.63, 3.8) is 0 Å². The van der Waals surface area contributed by atoms with Gasteiger partial charge in [0.1, 0.15) is 4.34 Å². The Hall–Kier alpha value is 0.390. The third-order valence-corrected chi connectivity index (χ3v) is 4.29. The lowest BCUT2D eigenvalue weighted by Crippen LogP contribution is -2.35. The topological polar surface area (TPSA) is 46.2 Å². The first-order valence-electron chi connectivity index (χ1n) is 3.32. The minimum Gasteiger partial charge on any atom is -0.394 e. The highest BCUT2D eigenvalue weighted by atomic mass is 79.9. The van der Waals surface area contributed by atoms with Gasteiger partial charge >= 0.3 is 0 Å². The van der Waals surface area contributed by atoms with Crippen LogP contribution in [0.1, 0.15) is 11.8 Å². The Kier molecular flexibility index (Phi) is 3.17. The smallest absolute Gasteiger partial charge is 0.107 e. The summed E-state index contributed by atoms with van der Waals surface area (Å²) >= 11 is 10.5. The van der Waals surface area contributed by atoms with E-state index in [1.807, 2.05) is 6.07 Å². The molecule has 0 aromatic carbocycles. The summed E-state index contributed by atoms with van der Waals surface area (Å²) in [5.74, 6) is 0. The maximum Gasteiger partial charge on any atom is 0.107 e. The molecule has 3 N–H and O–H groups in total. The molecule has 0 spiro atoms. The van der Waals surface area contributed by atoms with Crippen LogP contribution >= 0.6 is 38.9 Å². The zero-order valence-electron chi connectivity index (χ0n) is 6.47. The molecule has 0 saturated carbocycles. The molecule has 0 saturated heterocycles. The van der Waals surface area contributed by atoms with Crippen molar-refractivity contribution in [2.24, 2.45) is 5.73 Å². The molecule has 1 unspecified atom stereocenters. The Balaban J connectivity index is 3.04. The van der Waals surface area contributed by atoms with Gasteiger partial charge in [0.25, 0.3) is 0 Å². The number of nitrogens with two attached hydrogens (primary N) is 1. The van der Waals surface area contributed by atoms with Gasteiger partial charge in [-0.15, -0.1) is 11.3 Å². The number of rotatable bonds is 2. The van der Waals surface area contributed by atoms with Crippen LogP contribution in [0.3, 0.4) is 0 Å². The summed E-state index contributed by atoms with van der Waals surface area (Å²) in [5, 5.41) is 8.97. The van der Waals surface area contributed by atoms with Gasteiger partial charge in [0.2, 0.25) is 0 Å². The Morgan fingerprint density at radius 1 is 1.83 bits per heavy atom. The maximum atomic E-state index is 8.97. The van der Waals surface area contributed by atoms with Crippen LogP contribution in [-0.2, 0) is 5.54 Å². The predicted octanol–water partition coefficient (Wildman–Crippen LogP) is 2.33. The van der Waals surface area contributed by atoms with Gasteiger partial charge in [0.15, 0.2) is 0 Å². The molecule has 1 aromatic rings. The van der Waals surface area contributed by atoms with E-state index in [1.54, 1.807) is 6.92 Å². The van der Waals surface area contributed by atoms with Crippen molar-refractivity contribution in [2.75, 3.05) is 6.61 Å². The predicted molar refractivity (Wildman–Crippen MR) is 55.7 cm³/mol. The van der Waals surface area contributed by atoms with Gasteiger partial charge in [-0.1, -0.05) is 11.6 Å². The maximum absolute atomic E-state index is 8.97. The third-order valence-electron chi connectivity index (χ3n) is 1.54. The van der Waals surface area contributed by atoms with Crippen LogP contribution in [0.5, 0.6) is 0 Å². The second-order valence-electron chi connectivity index (χ2n) is 2.81. The van der Waals surface area contributed by atoms with E-state index in [2.05, 4.69) is 15.9 Å². The van der Waals surface area contributed by atoms with Gasteiger partial charge in [-0.25, -0.2) is 0 Å². The Labute approximate surface area is 88.5 Å². The highest BCUT2D eigenvalue weighted by molar-refractivity contribution is 9.10. The molecule has 5 heteroatoms. The van der Waals surface area contributed by atoms with Gasteiger partial charge in [-0.05, 0) is 28.9 Å². The Morgan fingerprint density at radius 3 is 2.75 bits per heavy atom. The number of halogens is 2. The second-order valence-corrected chi connectivity index (χ2v) is 5.32. The summed E-state index contributed by atoms with van der Waals surface area (Å²) in [6, 6.07) is 1.84. The summed E-state index contributed by atoms with van der Waals surface area (Å²) in [7, 11) is 0. The lowest BCUT2D eigenvalue weighted by atomic mass is 10.0. The summed E-state index contributed by atoms with van der Waals surface area (Å²) < 4.78 is 1.49. The van der Waals surface area contributed by atoms with Gasteiger partial charge in [-0.3, -0.25) is 0 Å². The van der Waals surface area contributed by atoms with E-state index in [0.717, 1.165) is 9.35 Å². The van der Waals surface area contributed by atoms with E-state index in [1.165, 1.54) is 11.3 Å². The van der Waals surface area contributed by atoms with Crippen molar-refractivity contribution in [3.8, 4) is 0 Å². The molecule has 0 radical (unpaired) electrons. The van der Waals surface area contributed by atoms with E-state index in [4.69, 9.17) is 22.4 Å². The van der Waals surface area contributed by atoms with Crippen molar-refractivity contribution in [1.29, 1.82) is 0 Å². The molecule has 0 fully saturated rings. The van der Waals surface area contributed by atoms with Crippen LogP contribution in [0.2, 0.25) is 4.34 Å². The minimum atomic E-state index is -0.694. The van der Waals surface area contributed by atoms with Crippen LogP contribution in [0.15, 0.2) is 10.5 Å². The molecular formula is C7H9BrClNOS. The molecule has 1 aromatic heterocycles. The molecule has 0 aliphatic heterocycles. The van der Waals surface area contributed by atoms with Crippen LogP contribution in [-0.4, -0.2) is 11.7 Å². The van der Waals surface area contributed by atoms with Crippen LogP contribution in [0, 0.1) is 0 Å². The largest absolute Gasteiger partial charge is 0.394 e. The number of hydrogen-bond acceptors (Lipinski definition) is 3. The van der Waals surface area contributed by atoms with E-state index < -0.39 is 5.54 Å². The van der Waals surface area contributed by atoms with E-state index >= 15 is 0 Å². The minimum absolute atomic E-state index is 0.0870. The molecule has 0 aliphatic carbocycles. The SMILES string of the molecule is CC(N)(CO)c1cc(Br)c(Cl)s1. The van der Waals surface area contributed by atoms with Crippen LogP contribution < -0.4 is 5.73 Å². The molecular weight excluding hydrogens is 262 g/mol. The zero-order valence-corrected chi connectivity index (χ0v) is 9.63. The fourth-order valence-electron chi connectivity index (χ4n) is 0.706. The number of hydrogen-bond donors (Lipinski definition) is 2. The fourth-order valence-corrected chi connectivity index (χ4v) is 2.46. The molecule has 0 amide bonds. The summed E-state index contributed by atoms with van der Waals surface area (Å²) in [6.45, 7) is 1.68. The quantitative estimate of drug-likeness (QED) is 0.866. The number of thiophene rings is 1. The lowest BCUT2D eigenvalue weighted by molar-refractivity contribution is 0.212. The van der Waals surface area contributed by atoms with E-state index in [9.17, 15) is 0 Å². The molecule has 12 heavy (non-hydrogen) atoms. The monoisotopic (exact) mass is 269 g/mol. The average molecular weight is 271 g/mol. The Morgan fingerprint density at radius 2 is 2.42 bits per heavy atom. The molecule has 1 heterocycles. The molecule has 1 atom stereocenters. The molecule has 0 aliphatic rings. The highest BCUT2D eigenvalue weighted by Crippen LogP contribution is 2.36. The van der Waals surface area contributed by atoms with Crippen molar-refractivity contribution < 1.29 is 5.11 Å². The third kappa shape index (κ3) is 2.00. The highest BCUT2D eigenvalue weighted by Gasteiger charge is 2.23. The van der Waals surface area contributed by atoms with Gasteiger partial charge in [-0.2, -0.15) is 0 Å². The van der Waals surface area contributed by atoms with Crippen molar-refractivity contribution in [1.82, 2.24) is 0 Å². The van der Waals surface area contributed by atoms with Crippen molar-refractivity contribution >= 4 is 38.9 Å². The number of aliphatic hydroxyl groups is 1. The van der Waals surface area contributed by atoms with Gasteiger partial charge < -0.3 is 10.8 Å². The molecule has 2 nitrogen and oxygen atoms in total. The summed E-state index contributed by atoms with van der Waals surface area (Å²) in [4.78, 5) is 0.877. The summed E-state index contributed by atoms with van der Waals surface area (Å²) in [5.41, 5.74) is 5.11. The average Bonchev–Trinajstić information content (AvgIpc) is 2.33. The fraction of sp³-hybridized carbons (Fsp3) is 0.429. The Bertz CT molecular complexity index is 267. The summed E-state index contributed by atoms with van der Waals surface area (Å²) in [6.07, 6.45) is 0. The lowest BCUT2D eigenvalue weighted by Gasteiger charge is -2.19. The van der Waals surface area contributed by atoms with Crippen LogP contribution in [0.25, 0.3) is 0 Å². The first-order chi connectivity index (χ1) is 5.47.